The highest BCUT2D eigenvalue weighted by atomic mass is 32.2. The van der Waals surface area contributed by atoms with E-state index in [0.717, 1.165) is 40.3 Å². The van der Waals surface area contributed by atoms with E-state index in [1.54, 1.807) is 11.8 Å². The number of carboxylic acid groups (broad SMARTS) is 1. The molecule has 0 aliphatic rings. The van der Waals surface area contributed by atoms with E-state index < -0.39 is 11.9 Å². The highest BCUT2D eigenvalue weighted by Crippen LogP contribution is 2.31. The van der Waals surface area contributed by atoms with Gasteiger partial charge in [-0.25, -0.2) is 4.79 Å². The standard InChI is InChI=1S/C32H40N2O3S/c1-3-5-6-7-11-24-34(32(37)33-23-22-25-12-9-8-10-13-25)27-16-20-29(21-17-27)38-28-18-14-26(15-19-28)30(4-2)31(35)36/h8-10,12-21,30H,3-7,11,22-24H2,1-2H3,(H,33,37)(H,35,36). The number of benzene rings is 3. The number of carboxylic acids is 1. The summed E-state index contributed by atoms with van der Waals surface area (Å²) in [5.41, 5.74) is 2.93. The predicted molar refractivity (Wildman–Crippen MR) is 157 cm³/mol. The first-order chi connectivity index (χ1) is 18.5. The van der Waals surface area contributed by atoms with Gasteiger partial charge in [0, 0.05) is 28.6 Å². The number of hydrogen-bond donors (Lipinski definition) is 2. The lowest BCUT2D eigenvalue weighted by Crippen LogP contribution is -2.41. The summed E-state index contributed by atoms with van der Waals surface area (Å²) in [5, 5.41) is 12.5. The molecule has 2 N–H and O–H groups in total. The topological polar surface area (TPSA) is 69.6 Å². The van der Waals surface area contributed by atoms with Crippen molar-refractivity contribution in [3.05, 3.63) is 90.0 Å². The Morgan fingerprint density at radius 2 is 1.47 bits per heavy atom. The first-order valence-corrected chi connectivity index (χ1v) is 14.5. The first kappa shape index (κ1) is 29.3. The zero-order chi connectivity index (χ0) is 27.2. The van der Waals surface area contributed by atoms with Gasteiger partial charge in [0.15, 0.2) is 0 Å². The predicted octanol–water partition coefficient (Wildman–Crippen LogP) is 8.15. The molecule has 0 fully saturated rings. The van der Waals surface area contributed by atoms with E-state index in [1.807, 2.05) is 78.6 Å². The molecule has 6 heteroatoms. The summed E-state index contributed by atoms with van der Waals surface area (Å²) in [5.74, 6) is -1.26. The van der Waals surface area contributed by atoms with Crippen molar-refractivity contribution in [2.45, 2.75) is 74.5 Å². The van der Waals surface area contributed by atoms with Crippen LogP contribution in [-0.2, 0) is 11.2 Å². The van der Waals surface area contributed by atoms with Crippen LogP contribution in [0.1, 0.15) is 69.4 Å². The lowest BCUT2D eigenvalue weighted by Gasteiger charge is -2.24. The van der Waals surface area contributed by atoms with Gasteiger partial charge in [-0.1, -0.05) is 93.8 Å². The van der Waals surface area contributed by atoms with Gasteiger partial charge in [-0.3, -0.25) is 9.69 Å². The molecule has 3 rings (SSSR count). The van der Waals surface area contributed by atoms with Gasteiger partial charge >= 0.3 is 12.0 Å². The van der Waals surface area contributed by atoms with Crippen LogP contribution in [0.4, 0.5) is 10.5 Å². The minimum absolute atomic E-state index is 0.0590. The Morgan fingerprint density at radius 1 is 0.842 bits per heavy atom. The van der Waals surface area contributed by atoms with Crippen LogP contribution in [0.3, 0.4) is 0 Å². The van der Waals surface area contributed by atoms with E-state index in [9.17, 15) is 14.7 Å². The number of nitrogens with one attached hydrogen (secondary N) is 1. The van der Waals surface area contributed by atoms with E-state index >= 15 is 0 Å². The molecule has 0 heterocycles. The number of amides is 2. The van der Waals surface area contributed by atoms with E-state index in [-0.39, 0.29) is 6.03 Å². The lowest BCUT2D eigenvalue weighted by molar-refractivity contribution is -0.138. The second kappa shape index (κ2) is 15.9. The fourth-order valence-corrected chi connectivity index (χ4v) is 5.24. The van der Waals surface area contributed by atoms with E-state index in [4.69, 9.17) is 0 Å². The summed E-state index contributed by atoms with van der Waals surface area (Å²) in [6.45, 7) is 5.39. The summed E-state index contributed by atoms with van der Waals surface area (Å²) in [6.07, 6.45) is 7.08. The minimum Gasteiger partial charge on any atom is -0.481 e. The van der Waals surface area contributed by atoms with E-state index in [1.165, 1.54) is 24.8 Å². The number of carbonyl (C=O) groups excluding carboxylic acids is 1. The van der Waals surface area contributed by atoms with Crippen molar-refractivity contribution < 1.29 is 14.7 Å². The number of aliphatic carboxylic acids is 1. The Labute approximate surface area is 231 Å². The normalized spacial score (nSPS) is 11.6. The van der Waals surface area contributed by atoms with Crippen molar-refractivity contribution in [3.8, 4) is 0 Å². The Hall–Kier alpha value is -3.25. The summed E-state index contributed by atoms with van der Waals surface area (Å²) >= 11 is 1.62. The lowest BCUT2D eigenvalue weighted by atomic mass is 9.97. The molecular formula is C32H40N2O3S. The van der Waals surface area contributed by atoms with Crippen LogP contribution in [-0.4, -0.2) is 30.2 Å². The third-order valence-corrected chi connectivity index (χ3v) is 7.65. The quantitative estimate of drug-likeness (QED) is 0.194. The van der Waals surface area contributed by atoms with Crippen LogP contribution in [0.2, 0.25) is 0 Å². The van der Waals surface area contributed by atoms with Gasteiger partial charge in [0.1, 0.15) is 0 Å². The molecule has 3 aromatic carbocycles. The molecule has 38 heavy (non-hydrogen) atoms. The molecular weight excluding hydrogens is 492 g/mol. The average molecular weight is 533 g/mol. The highest BCUT2D eigenvalue weighted by Gasteiger charge is 2.18. The van der Waals surface area contributed by atoms with Gasteiger partial charge in [-0.15, -0.1) is 0 Å². The van der Waals surface area contributed by atoms with Gasteiger partial charge in [0.25, 0.3) is 0 Å². The van der Waals surface area contributed by atoms with Gasteiger partial charge in [0.2, 0.25) is 0 Å². The second-order valence-electron chi connectivity index (χ2n) is 9.50. The van der Waals surface area contributed by atoms with Gasteiger partial charge in [0.05, 0.1) is 5.92 Å². The van der Waals surface area contributed by atoms with Gasteiger partial charge < -0.3 is 10.4 Å². The van der Waals surface area contributed by atoms with Crippen molar-refractivity contribution >= 4 is 29.4 Å². The Bertz CT molecular complexity index is 1120. The molecule has 0 bridgehead atoms. The Morgan fingerprint density at radius 3 is 2.08 bits per heavy atom. The molecule has 0 saturated heterocycles. The third kappa shape index (κ3) is 9.25. The monoisotopic (exact) mass is 532 g/mol. The smallest absolute Gasteiger partial charge is 0.321 e. The molecule has 0 aromatic heterocycles. The zero-order valence-corrected chi connectivity index (χ0v) is 23.4. The van der Waals surface area contributed by atoms with Crippen molar-refractivity contribution in [2.24, 2.45) is 0 Å². The van der Waals surface area contributed by atoms with Crippen molar-refractivity contribution in [1.29, 1.82) is 0 Å². The van der Waals surface area contributed by atoms with Crippen LogP contribution in [0.15, 0.2) is 88.7 Å². The SMILES string of the molecule is CCCCCCCN(C(=O)NCCc1ccccc1)c1ccc(Sc2ccc(C(CC)C(=O)O)cc2)cc1. The molecule has 1 unspecified atom stereocenters. The largest absolute Gasteiger partial charge is 0.481 e. The third-order valence-electron chi connectivity index (χ3n) is 6.64. The molecule has 5 nitrogen and oxygen atoms in total. The maximum atomic E-state index is 13.2. The maximum Gasteiger partial charge on any atom is 0.321 e. The van der Waals surface area contributed by atoms with Crippen LogP contribution in [0, 0.1) is 0 Å². The molecule has 0 aliphatic carbocycles. The number of carbonyl (C=O) groups is 2. The molecule has 3 aromatic rings. The zero-order valence-electron chi connectivity index (χ0n) is 22.6. The van der Waals surface area contributed by atoms with Crippen LogP contribution < -0.4 is 10.2 Å². The Kier molecular flexibility index (Phi) is 12.2. The number of urea groups is 1. The summed E-state index contributed by atoms with van der Waals surface area (Å²) in [7, 11) is 0. The first-order valence-electron chi connectivity index (χ1n) is 13.7. The van der Waals surface area contributed by atoms with Crippen LogP contribution >= 0.6 is 11.8 Å². The average Bonchev–Trinajstić information content (AvgIpc) is 2.93. The van der Waals surface area contributed by atoms with Crippen molar-refractivity contribution in [3.63, 3.8) is 0 Å². The number of unbranched alkanes of at least 4 members (excludes halogenated alkanes) is 4. The van der Waals surface area contributed by atoms with E-state index in [0.29, 0.717) is 19.5 Å². The molecule has 0 spiro atoms. The number of nitrogens with zero attached hydrogens (tertiary/aromatic N) is 1. The fraction of sp³-hybridized carbons (Fsp3) is 0.375. The molecule has 0 aliphatic heterocycles. The number of anilines is 1. The summed E-state index contributed by atoms with van der Waals surface area (Å²) < 4.78 is 0. The van der Waals surface area contributed by atoms with E-state index in [2.05, 4.69) is 24.4 Å². The van der Waals surface area contributed by atoms with Crippen molar-refractivity contribution in [2.75, 3.05) is 18.0 Å². The number of hydrogen-bond acceptors (Lipinski definition) is 3. The Balaban J connectivity index is 1.63. The van der Waals surface area contributed by atoms with Crippen LogP contribution in [0.5, 0.6) is 0 Å². The molecule has 1 atom stereocenters. The van der Waals surface area contributed by atoms with Crippen molar-refractivity contribution in [1.82, 2.24) is 5.32 Å². The van der Waals surface area contributed by atoms with Gasteiger partial charge in [-0.05, 0) is 66.8 Å². The molecule has 0 radical (unpaired) electrons. The molecule has 202 valence electrons. The second-order valence-corrected chi connectivity index (χ2v) is 10.6. The molecule has 0 saturated carbocycles. The summed E-state index contributed by atoms with van der Waals surface area (Å²) in [4.78, 5) is 28.6. The van der Waals surface area contributed by atoms with Gasteiger partial charge in [-0.2, -0.15) is 0 Å². The number of rotatable bonds is 15. The highest BCUT2D eigenvalue weighted by molar-refractivity contribution is 7.99. The van der Waals surface area contributed by atoms with Crippen LogP contribution in [0.25, 0.3) is 0 Å². The fourth-order valence-electron chi connectivity index (χ4n) is 4.43. The minimum atomic E-state index is -0.789. The maximum absolute atomic E-state index is 13.2. The molecule has 2 amide bonds. The summed E-state index contributed by atoms with van der Waals surface area (Å²) in [6, 6.07) is 26.0.